The lowest BCUT2D eigenvalue weighted by molar-refractivity contribution is -0.333. The van der Waals surface area contributed by atoms with Gasteiger partial charge in [0.1, 0.15) is 0 Å². The minimum atomic E-state index is -5.97. The van der Waals surface area contributed by atoms with Crippen molar-refractivity contribution in [1.29, 1.82) is 0 Å². The first kappa shape index (κ1) is 24.3. The standard InChI is InChI=1S/C26H24O6P2/c27-33(28,29)25(21-13-5-1-6-14-21,22-15-7-2-8-16-22)26(34(30,31)32,23-17-9-3-10-18-23)24-19-11-4-12-20-24/h1-20H,(H2,27,28,29)(H2,30,31,32)/p-4. The topological polar surface area (TPSA) is 126 Å². The zero-order chi connectivity index (χ0) is 24.5. The van der Waals surface area contributed by atoms with Crippen LogP contribution in [0.2, 0.25) is 0 Å². The zero-order valence-corrected chi connectivity index (χ0v) is 19.7. The van der Waals surface area contributed by atoms with Crippen LogP contribution >= 0.6 is 15.2 Å². The molecule has 0 bridgehead atoms. The van der Waals surface area contributed by atoms with E-state index in [4.69, 9.17) is 0 Å². The highest BCUT2D eigenvalue weighted by atomic mass is 31.2. The molecular formula is C26H20O6P2-4. The summed E-state index contributed by atoms with van der Waals surface area (Å²) in [6.07, 6.45) is 0. The van der Waals surface area contributed by atoms with E-state index < -0.39 is 25.5 Å². The summed E-state index contributed by atoms with van der Waals surface area (Å²) in [7, 11) is -11.9. The maximum absolute atomic E-state index is 13.6. The Balaban J connectivity index is 2.39. The quantitative estimate of drug-likeness (QED) is 0.367. The van der Waals surface area contributed by atoms with Crippen molar-refractivity contribution in [2.24, 2.45) is 0 Å². The van der Waals surface area contributed by atoms with E-state index in [1.54, 1.807) is 24.3 Å². The Bertz CT molecular complexity index is 1150. The van der Waals surface area contributed by atoms with E-state index in [0.29, 0.717) is 0 Å². The molecule has 0 spiro atoms. The Kier molecular flexibility index (Phi) is 6.50. The molecule has 0 aliphatic heterocycles. The Morgan fingerprint density at radius 1 is 0.382 bits per heavy atom. The molecule has 6 nitrogen and oxygen atoms in total. The Labute approximate surface area is 197 Å². The fourth-order valence-corrected chi connectivity index (χ4v) is 8.82. The van der Waals surface area contributed by atoms with Gasteiger partial charge in [0.15, 0.2) is 0 Å². The molecule has 4 aromatic carbocycles. The van der Waals surface area contributed by atoms with Gasteiger partial charge in [0.25, 0.3) is 0 Å². The predicted molar refractivity (Wildman–Crippen MR) is 123 cm³/mol. The van der Waals surface area contributed by atoms with Crippen LogP contribution in [0.4, 0.5) is 0 Å². The van der Waals surface area contributed by atoms with Crippen LogP contribution in [-0.4, -0.2) is 0 Å². The van der Waals surface area contributed by atoms with Gasteiger partial charge in [-0.25, -0.2) is 0 Å². The molecule has 0 heterocycles. The van der Waals surface area contributed by atoms with Crippen molar-refractivity contribution < 1.29 is 28.7 Å². The molecule has 174 valence electrons. The molecule has 8 heteroatoms. The lowest BCUT2D eigenvalue weighted by Gasteiger charge is -2.66. The van der Waals surface area contributed by atoms with E-state index in [1.807, 2.05) is 0 Å². The van der Waals surface area contributed by atoms with Crippen LogP contribution in [0.15, 0.2) is 121 Å². The van der Waals surface area contributed by atoms with Crippen LogP contribution in [-0.2, 0) is 19.4 Å². The molecule has 0 aliphatic rings. The molecule has 34 heavy (non-hydrogen) atoms. The second-order valence-corrected chi connectivity index (χ2v) is 11.2. The molecule has 0 saturated heterocycles. The fourth-order valence-electron chi connectivity index (χ4n) is 4.92. The molecule has 0 amide bonds. The molecule has 0 aromatic heterocycles. The third-order valence-corrected chi connectivity index (χ3v) is 9.63. The summed E-state index contributed by atoms with van der Waals surface area (Å²) < 4.78 is 27.1. The predicted octanol–water partition coefficient (Wildman–Crippen LogP) is 2.70. The Morgan fingerprint density at radius 2 is 0.559 bits per heavy atom. The van der Waals surface area contributed by atoms with Crippen molar-refractivity contribution in [3.05, 3.63) is 144 Å². The number of hydrogen-bond acceptors (Lipinski definition) is 6. The van der Waals surface area contributed by atoms with Crippen molar-refractivity contribution >= 4 is 15.2 Å². The first-order chi connectivity index (χ1) is 16.2. The van der Waals surface area contributed by atoms with Gasteiger partial charge in [0.2, 0.25) is 0 Å². The maximum atomic E-state index is 13.6. The molecule has 4 rings (SSSR count). The first-order valence-electron chi connectivity index (χ1n) is 10.4. The average Bonchev–Trinajstić information content (AvgIpc) is 2.83. The van der Waals surface area contributed by atoms with Crippen molar-refractivity contribution in [1.82, 2.24) is 0 Å². The number of rotatable bonds is 7. The van der Waals surface area contributed by atoms with E-state index in [-0.39, 0.29) is 22.3 Å². The molecule has 4 aromatic rings. The molecule has 0 unspecified atom stereocenters. The van der Waals surface area contributed by atoms with Crippen molar-refractivity contribution in [3.63, 3.8) is 0 Å². The van der Waals surface area contributed by atoms with Crippen LogP contribution in [0, 0.1) is 0 Å². The highest BCUT2D eigenvalue weighted by Crippen LogP contribution is 2.75. The third kappa shape index (κ3) is 3.60. The van der Waals surface area contributed by atoms with E-state index in [2.05, 4.69) is 0 Å². The van der Waals surface area contributed by atoms with Crippen LogP contribution in [0.5, 0.6) is 0 Å². The van der Waals surface area contributed by atoms with E-state index >= 15 is 0 Å². The van der Waals surface area contributed by atoms with Crippen molar-refractivity contribution in [2.75, 3.05) is 0 Å². The lowest BCUT2D eigenvalue weighted by Crippen LogP contribution is -2.58. The van der Waals surface area contributed by atoms with Gasteiger partial charge >= 0.3 is 0 Å². The minimum absolute atomic E-state index is 0.117. The third-order valence-electron chi connectivity index (χ3n) is 6.11. The summed E-state index contributed by atoms with van der Waals surface area (Å²) in [6.45, 7) is 0. The van der Waals surface area contributed by atoms with Gasteiger partial charge in [0.05, 0.1) is 10.3 Å². The molecule has 0 fully saturated rings. The van der Waals surface area contributed by atoms with Gasteiger partial charge < -0.3 is 28.7 Å². The van der Waals surface area contributed by atoms with Gasteiger partial charge in [-0.3, -0.25) is 0 Å². The Hall–Kier alpha value is -2.82. The SMILES string of the molecule is O=P([O-])([O-])C(c1ccccc1)(c1ccccc1)C(c1ccccc1)(c1ccccc1)P(=O)([O-])[O-]. The van der Waals surface area contributed by atoms with Crippen LogP contribution in [0.3, 0.4) is 0 Å². The largest absolute Gasteiger partial charge is 0.810 e. The summed E-state index contributed by atoms with van der Waals surface area (Å²) in [5.41, 5.74) is -0.466. The second-order valence-electron chi connectivity index (χ2n) is 7.88. The minimum Gasteiger partial charge on any atom is -0.810 e. The average molecular weight is 490 g/mol. The summed E-state index contributed by atoms with van der Waals surface area (Å²) in [5.74, 6) is 0. The highest BCUT2D eigenvalue weighted by Gasteiger charge is 2.59. The first-order valence-corrected chi connectivity index (χ1v) is 13.5. The summed E-state index contributed by atoms with van der Waals surface area (Å²) >= 11 is 0. The van der Waals surface area contributed by atoms with Crippen molar-refractivity contribution in [2.45, 2.75) is 10.3 Å². The molecular weight excluding hydrogens is 470 g/mol. The molecule has 0 N–H and O–H groups in total. The lowest BCUT2D eigenvalue weighted by atomic mass is 9.71. The number of hydrogen-bond donors (Lipinski definition) is 0. The van der Waals surface area contributed by atoms with Gasteiger partial charge in [-0.15, -0.1) is 0 Å². The molecule has 0 radical (unpaired) electrons. The van der Waals surface area contributed by atoms with Crippen molar-refractivity contribution in [3.8, 4) is 0 Å². The van der Waals surface area contributed by atoms with Gasteiger partial charge in [0, 0.05) is 0 Å². The molecule has 0 atom stereocenters. The van der Waals surface area contributed by atoms with Gasteiger partial charge in [-0.05, 0) is 22.3 Å². The molecule has 0 aliphatic carbocycles. The molecule has 0 saturated carbocycles. The smallest absolute Gasteiger partial charge is 0.0660 e. The van der Waals surface area contributed by atoms with Gasteiger partial charge in [-0.2, -0.15) is 0 Å². The summed E-state index contributed by atoms with van der Waals surface area (Å²) in [6, 6.07) is 29.4. The normalized spacial score (nSPS) is 12.9. The van der Waals surface area contributed by atoms with Crippen LogP contribution < -0.4 is 19.6 Å². The monoisotopic (exact) mass is 490 g/mol. The van der Waals surface area contributed by atoms with E-state index in [1.165, 1.54) is 97.1 Å². The fraction of sp³-hybridized carbons (Fsp3) is 0.0769. The summed E-state index contributed by atoms with van der Waals surface area (Å²) in [4.78, 5) is 54.3. The second kappa shape index (κ2) is 9.09. The zero-order valence-electron chi connectivity index (χ0n) is 17.9. The Morgan fingerprint density at radius 3 is 0.706 bits per heavy atom. The van der Waals surface area contributed by atoms with E-state index in [0.717, 1.165) is 0 Å². The van der Waals surface area contributed by atoms with Gasteiger partial charge in [-0.1, -0.05) is 137 Å². The van der Waals surface area contributed by atoms with E-state index in [9.17, 15) is 28.7 Å². The highest BCUT2D eigenvalue weighted by molar-refractivity contribution is 7.55. The number of benzene rings is 4. The maximum Gasteiger partial charge on any atom is 0.0660 e. The van der Waals surface area contributed by atoms with Crippen LogP contribution in [0.25, 0.3) is 0 Å². The van der Waals surface area contributed by atoms with Crippen LogP contribution in [0.1, 0.15) is 22.3 Å². The summed E-state index contributed by atoms with van der Waals surface area (Å²) in [5, 5.41) is -5.63.